The van der Waals surface area contributed by atoms with Gasteiger partial charge in [-0.2, -0.15) is 0 Å². The van der Waals surface area contributed by atoms with E-state index in [1.165, 1.54) is 18.3 Å². The molecule has 1 amide bonds. The molecule has 0 spiro atoms. The molecule has 6 heteroatoms. The maximum absolute atomic E-state index is 12.8. The lowest BCUT2D eigenvalue weighted by atomic mass is 9.99. The fourth-order valence-electron chi connectivity index (χ4n) is 2.81. The standard InChI is InChI=1S/C16H18N2O3S/c1-10-9-12(17-21-10)13-5-3-4-8-18(13)16(20)15-7-6-14(22-15)11(2)19/h6-7,9,13H,3-5,8H2,1-2H3/t13-/m1/s1. The molecule has 116 valence electrons. The Labute approximate surface area is 132 Å². The minimum absolute atomic E-state index is 0.00799. The summed E-state index contributed by atoms with van der Waals surface area (Å²) >= 11 is 1.26. The smallest absolute Gasteiger partial charge is 0.264 e. The van der Waals surface area contributed by atoms with Crippen LogP contribution in [0.4, 0.5) is 0 Å². The van der Waals surface area contributed by atoms with Gasteiger partial charge in [-0.05, 0) is 45.2 Å². The Kier molecular flexibility index (Phi) is 4.11. The van der Waals surface area contributed by atoms with Crippen LogP contribution in [0.1, 0.15) is 63.0 Å². The first-order chi connectivity index (χ1) is 10.6. The normalized spacial score (nSPS) is 18.5. The molecular weight excluding hydrogens is 300 g/mol. The number of carbonyl (C=O) groups is 2. The number of likely N-dealkylation sites (tertiary alicyclic amines) is 1. The Hall–Kier alpha value is -1.95. The van der Waals surface area contributed by atoms with Crippen molar-refractivity contribution in [3.05, 3.63) is 39.4 Å². The van der Waals surface area contributed by atoms with Crippen LogP contribution in [0, 0.1) is 6.92 Å². The van der Waals surface area contributed by atoms with Gasteiger partial charge in [-0.1, -0.05) is 5.16 Å². The second-order valence-electron chi connectivity index (χ2n) is 5.59. The molecule has 5 nitrogen and oxygen atoms in total. The lowest BCUT2D eigenvalue weighted by Gasteiger charge is -2.34. The Bertz CT molecular complexity index is 704. The number of Topliss-reactive ketones (excluding diaryl/α,β-unsaturated/α-hetero) is 1. The third kappa shape index (κ3) is 2.83. The Balaban J connectivity index is 1.86. The molecule has 1 aliphatic heterocycles. The molecule has 2 aromatic heterocycles. The molecule has 22 heavy (non-hydrogen) atoms. The first kappa shape index (κ1) is 15.0. The Morgan fingerprint density at radius 2 is 2.09 bits per heavy atom. The van der Waals surface area contributed by atoms with Gasteiger partial charge in [0.25, 0.3) is 5.91 Å². The van der Waals surface area contributed by atoms with Gasteiger partial charge in [0.15, 0.2) is 5.78 Å². The predicted molar refractivity (Wildman–Crippen MR) is 83.2 cm³/mol. The highest BCUT2D eigenvalue weighted by molar-refractivity contribution is 7.15. The van der Waals surface area contributed by atoms with Crippen LogP contribution < -0.4 is 0 Å². The van der Waals surface area contributed by atoms with Gasteiger partial charge in [-0.15, -0.1) is 11.3 Å². The molecular formula is C16H18N2O3S. The molecule has 1 fully saturated rings. The number of piperidine rings is 1. The number of amides is 1. The van der Waals surface area contributed by atoms with Gasteiger partial charge in [0.1, 0.15) is 11.5 Å². The van der Waals surface area contributed by atoms with Crippen molar-refractivity contribution in [1.29, 1.82) is 0 Å². The van der Waals surface area contributed by atoms with E-state index in [4.69, 9.17) is 4.52 Å². The van der Waals surface area contributed by atoms with Crippen LogP contribution in [-0.2, 0) is 0 Å². The van der Waals surface area contributed by atoms with Gasteiger partial charge in [0.2, 0.25) is 0 Å². The molecule has 3 heterocycles. The molecule has 0 bridgehead atoms. The van der Waals surface area contributed by atoms with E-state index in [2.05, 4.69) is 5.16 Å². The molecule has 2 aromatic rings. The quantitative estimate of drug-likeness (QED) is 0.811. The van der Waals surface area contributed by atoms with E-state index in [9.17, 15) is 9.59 Å². The van der Waals surface area contributed by atoms with E-state index in [0.717, 1.165) is 30.7 Å². The number of aryl methyl sites for hydroxylation is 1. The summed E-state index contributed by atoms with van der Waals surface area (Å²) < 4.78 is 5.16. The lowest BCUT2D eigenvalue weighted by Crippen LogP contribution is -2.38. The van der Waals surface area contributed by atoms with Crippen molar-refractivity contribution in [2.45, 2.75) is 39.2 Å². The molecule has 0 aliphatic carbocycles. The van der Waals surface area contributed by atoms with Crippen LogP contribution in [0.25, 0.3) is 0 Å². The number of rotatable bonds is 3. The van der Waals surface area contributed by atoms with E-state index in [1.807, 2.05) is 17.9 Å². The zero-order chi connectivity index (χ0) is 15.7. The number of nitrogens with zero attached hydrogens (tertiary/aromatic N) is 2. The number of aromatic nitrogens is 1. The summed E-state index contributed by atoms with van der Waals surface area (Å²) in [5, 5.41) is 4.08. The molecule has 3 rings (SSSR count). The zero-order valence-electron chi connectivity index (χ0n) is 12.7. The fourth-order valence-corrected chi connectivity index (χ4v) is 3.67. The SMILES string of the molecule is CC(=O)c1ccc(C(=O)N2CCCC[C@@H]2c2cc(C)on2)s1. The highest BCUT2D eigenvalue weighted by Crippen LogP contribution is 2.33. The number of thiophene rings is 1. The van der Waals surface area contributed by atoms with Crippen LogP contribution in [-0.4, -0.2) is 28.3 Å². The monoisotopic (exact) mass is 318 g/mol. The average Bonchev–Trinajstić information content (AvgIpc) is 3.15. The second kappa shape index (κ2) is 6.04. The molecule has 1 aliphatic rings. The molecule has 0 aromatic carbocycles. The van der Waals surface area contributed by atoms with Crippen LogP contribution in [0.15, 0.2) is 22.7 Å². The van der Waals surface area contributed by atoms with Gasteiger partial charge >= 0.3 is 0 Å². The van der Waals surface area contributed by atoms with Gasteiger partial charge in [0, 0.05) is 12.6 Å². The number of carbonyl (C=O) groups excluding carboxylic acids is 2. The predicted octanol–water partition coefficient (Wildman–Crippen LogP) is 3.61. The van der Waals surface area contributed by atoms with Gasteiger partial charge in [-0.25, -0.2) is 0 Å². The Morgan fingerprint density at radius 3 is 2.73 bits per heavy atom. The van der Waals surface area contributed by atoms with Crippen molar-refractivity contribution in [2.75, 3.05) is 6.54 Å². The second-order valence-corrected chi connectivity index (χ2v) is 6.68. The topological polar surface area (TPSA) is 63.4 Å². The van der Waals surface area contributed by atoms with Crippen LogP contribution in [0.5, 0.6) is 0 Å². The maximum Gasteiger partial charge on any atom is 0.264 e. The summed E-state index contributed by atoms with van der Waals surface area (Å²) in [6.07, 6.45) is 2.95. The van der Waals surface area contributed by atoms with Crippen LogP contribution >= 0.6 is 11.3 Å². The van der Waals surface area contributed by atoms with Gasteiger partial charge in [0.05, 0.1) is 15.8 Å². The summed E-state index contributed by atoms with van der Waals surface area (Å²) in [7, 11) is 0. The summed E-state index contributed by atoms with van der Waals surface area (Å²) in [6, 6.07) is 5.32. The first-order valence-electron chi connectivity index (χ1n) is 7.41. The summed E-state index contributed by atoms with van der Waals surface area (Å²) in [6.45, 7) is 4.08. The van der Waals surface area contributed by atoms with Gasteiger partial charge < -0.3 is 9.42 Å². The third-order valence-electron chi connectivity index (χ3n) is 3.92. The van der Waals surface area contributed by atoms with Crippen molar-refractivity contribution in [1.82, 2.24) is 10.1 Å². The number of hydrogen-bond donors (Lipinski definition) is 0. The van der Waals surface area contributed by atoms with Crippen molar-refractivity contribution in [2.24, 2.45) is 0 Å². The van der Waals surface area contributed by atoms with Crippen LogP contribution in [0.3, 0.4) is 0 Å². The van der Waals surface area contributed by atoms with Crippen molar-refractivity contribution in [3.8, 4) is 0 Å². The van der Waals surface area contributed by atoms with Crippen molar-refractivity contribution < 1.29 is 14.1 Å². The summed E-state index contributed by atoms with van der Waals surface area (Å²) in [5.74, 6) is 0.720. The van der Waals surface area contributed by atoms with E-state index < -0.39 is 0 Å². The number of hydrogen-bond acceptors (Lipinski definition) is 5. The molecule has 0 N–H and O–H groups in total. The summed E-state index contributed by atoms with van der Waals surface area (Å²) in [5.41, 5.74) is 0.814. The largest absolute Gasteiger partial charge is 0.361 e. The van der Waals surface area contributed by atoms with E-state index >= 15 is 0 Å². The molecule has 0 saturated carbocycles. The molecule has 1 atom stereocenters. The molecule has 0 radical (unpaired) electrons. The fraction of sp³-hybridized carbons (Fsp3) is 0.438. The van der Waals surface area contributed by atoms with Crippen molar-refractivity contribution >= 4 is 23.0 Å². The lowest BCUT2D eigenvalue weighted by molar-refractivity contribution is 0.0607. The minimum atomic E-state index is -0.0402. The Morgan fingerprint density at radius 1 is 1.32 bits per heavy atom. The van der Waals surface area contributed by atoms with E-state index in [1.54, 1.807) is 12.1 Å². The zero-order valence-corrected chi connectivity index (χ0v) is 13.5. The minimum Gasteiger partial charge on any atom is -0.361 e. The van der Waals surface area contributed by atoms with Crippen LogP contribution in [0.2, 0.25) is 0 Å². The molecule has 0 unspecified atom stereocenters. The van der Waals surface area contributed by atoms with E-state index in [0.29, 0.717) is 16.3 Å². The van der Waals surface area contributed by atoms with E-state index in [-0.39, 0.29) is 17.7 Å². The number of ketones is 1. The van der Waals surface area contributed by atoms with Gasteiger partial charge in [-0.3, -0.25) is 9.59 Å². The maximum atomic E-state index is 12.8. The highest BCUT2D eigenvalue weighted by Gasteiger charge is 2.31. The summed E-state index contributed by atoms with van der Waals surface area (Å²) in [4.78, 5) is 27.3. The molecule has 1 saturated heterocycles. The van der Waals surface area contributed by atoms with Crippen molar-refractivity contribution in [3.63, 3.8) is 0 Å². The first-order valence-corrected chi connectivity index (χ1v) is 8.23. The highest BCUT2D eigenvalue weighted by atomic mass is 32.1. The third-order valence-corrected chi connectivity index (χ3v) is 5.09. The average molecular weight is 318 g/mol.